The zero-order valence-corrected chi connectivity index (χ0v) is 16.1. The maximum Gasteiger partial charge on any atom is 0.273 e. The topological polar surface area (TPSA) is 102 Å². The number of methoxy groups -OCH3 is 1. The highest BCUT2D eigenvalue weighted by Crippen LogP contribution is 2.37. The van der Waals surface area contributed by atoms with E-state index in [2.05, 4.69) is 0 Å². The second-order valence-electron chi connectivity index (χ2n) is 5.86. The molecule has 2 amide bonds. The third-order valence-electron chi connectivity index (χ3n) is 4.23. The van der Waals surface area contributed by atoms with E-state index in [1.54, 1.807) is 0 Å². The number of non-ortho nitro benzene ring substituents is 1. The first kappa shape index (κ1) is 19.5. The van der Waals surface area contributed by atoms with Crippen LogP contribution in [0, 0.1) is 10.1 Å². The van der Waals surface area contributed by atoms with Crippen LogP contribution in [-0.2, 0) is 14.3 Å². The van der Waals surface area contributed by atoms with Crippen LogP contribution in [0.2, 0.25) is 0 Å². The Morgan fingerprint density at radius 1 is 1.37 bits per heavy atom. The Bertz CT molecular complexity index is 796. The number of thioether (sulfide) groups is 1. The van der Waals surface area contributed by atoms with Crippen molar-refractivity contribution < 1.29 is 24.0 Å². The SMILES string of the molecule is COc1cc([N+](=O)[O-])ccc1N1C(=O)CC(SC(=S)N2CCOCC2)C1=O. The van der Waals surface area contributed by atoms with Crippen LogP contribution < -0.4 is 9.64 Å². The van der Waals surface area contributed by atoms with Crippen molar-refractivity contribution in [2.75, 3.05) is 38.3 Å². The minimum atomic E-state index is -0.632. The molecule has 0 spiro atoms. The van der Waals surface area contributed by atoms with Crippen LogP contribution in [0.15, 0.2) is 18.2 Å². The predicted octanol–water partition coefficient (Wildman–Crippen LogP) is 1.59. The third kappa shape index (κ3) is 4.04. The van der Waals surface area contributed by atoms with Gasteiger partial charge in [-0.3, -0.25) is 19.7 Å². The number of imide groups is 1. The molecule has 0 N–H and O–H groups in total. The monoisotopic (exact) mass is 411 g/mol. The van der Waals surface area contributed by atoms with Crippen LogP contribution >= 0.6 is 24.0 Å². The molecule has 1 aromatic carbocycles. The van der Waals surface area contributed by atoms with Gasteiger partial charge in [-0.2, -0.15) is 0 Å². The molecule has 0 aliphatic carbocycles. The summed E-state index contributed by atoms with van der Waals surface area (Å²) in [5.74, 6) is -0.713. The molecule has 2 aliphatic heterocycles. The van der Waals surface area contributed by atoms with E-state index in [4.69, 9.17) is 21.7 Å². The Balaban J connectivity index is 1.78. The fraction of sp³-hybridized carbons (Fsp3) is 0.438. The van der Waals surface area contributed by atoms with Gasteiger partial charge in [-0.1, -0.05) is 24.0 Å². The van der Waals surface area contributed by atoms with E-state index in [0.717, 1.165) is 4.90 Å². The number of amides is 2. The molecule has 2 heterocycles. The molecule has 27 heavy (non-hydrogen) atoms. The molecule has 0 bridgehead atoms. The van der Waals surface area contributed by atoms with Crippen LogP contribution in [-0.4, -0.2) is 64.6 Å². The number of anilines is 1. The molecule has 11 heteroatoms. The number of hydrogen-bond donors (Lipinski definition) is 0. The summed E-state index contributed by atoms with van der Waals surface area (Å²) in [5, 5.41) is 10.3. The van der Waals surface area contributed by atoms with Crippen molar-refractivity contribution >= 4 is 51.5 Å². The van der Waals surface area contributed by atoms with Gasteiger partial charge in [0.15, 0.2) is 0 Å². The van der Waals surface area contributed by atoms with Crippen molar-refractivity contribution in [1.82, 2.24) is 4.90 Å². The first-order chi connectivity index (χ1) is 12.9. The molecule has 0 aromatic heterocycles. The second kappa shape index (κ2) is 8.19. The molecule has 1 unspecified atom stereocenters. The first-order valence-electron chi connectivity index (χ1n) is 8.15. The van der Waals surface area contributed by atoms with Crippen molar-refractivity contribution in [3.63, 3.8) is 0 Å². The van der Waals surface area contributed by atoms with Gasteiger partial charge in [-0.25, -0.2) is 4.90 Å². The van der Waals surface area contributed by atoms with Gasteiger partial charge < -0.3 is 14.4 Å². The van der Waals surface area contributed by atoms with Gasteiger partial charge in [-0.05, 0) is 6.07 Å². The largest absolute Gasteiger partial charge is 0.494 e. The summed E-state index contributed by atoms with van der Waals surface area (Å²) < 4.78 is 11.0. The standard InChI is InChI=1S/C16H17N3O6S2/c1-24-12-8-10(19(22)23)2-3-11(12)18-14(20)9-13(15(18)21)27-16(26)17-4-6-25-7-5-17/h2-3,8,13H,4-7,9H2,1H3. The molecule has 2 aliphatic rings. The van der Waals surface area contributed by atoms with E-state index in [1.165, 1.54) is 37.1 Å². The summed E-state index contributed by atoms with van der Waals surface area (Å²) in [4.78, 5) is 38.6. The number of nitrogens with zero attached hydrogens (tertiary/aromatic N) is 3. The predicted molar refractivity (Wildman–Crippen MR) is 103 cm³/mol. The van der Waals surface area contributed by atoms with Crippen LogP contribution in [0.25, 0.3) is 0 Å². The Morgan fingerprint density at radius 3 is 2.70 bits per heavy atom. The number of morpholine rings is 1. The lowest BCUT2D eigenvalue weighted by atomic mass is 10.2. The molecule has 3 rings (SSSR count). The highest BCUT2D eigenvalue weighted by atomic mass is 32.2. The fourth-order valence-electron chi connectivity index (χ4n) is 2.86. The quantitative estimate of drug-likeness (QED) is 0.316. The summed E-state index contributed by atoms with van der Waals surface area (Å²) in [6, 6.07) is 3.77. The molecule has 0 radical (unpaired) electrons. The number of benzene rings is 1. The van der Waals surface area contributed by atoms with Crippen molar-refractivity contribution in [3.05, 3.63) is 28.3 Å². The Kier molecular flexibility index (Phi) is 5.92. The minimum Gasteiger partial charge on any atom is -0.494 e. The molecule has 2 saturated heterocycles. The van der Waals surface area contributed by atoms with E-state index in [-0.39, 0.29) is 23.5 Å². The van der Waals surface area contributed by atoms with Crippen molar-refractivity contribution in [1.29, 1.82) is 0 Å². The zero-order chi connectivity index (χ0) is 19.6. The number of nitro groups is 1. The first-order valence-corrected chi connectivity index (χ1v) is 9.43. The summed E-state index contributed by atoms with van der Waals surface area (Å²) >= 11 is 6.59. The summed E-state index contributed by atoms with van der Waals surface area (Å²) in [6.45, 7) is 2.45. The average Bonchev–Trinajstić information content (AvgIpc) is 2.95. The molecular formula is C16H17N3O6S2. The Hall–Kier alpha value is -2.24. The molecule has 1 aromatic rings. The number of nitro benzene ring substituents is 1. The highest BCUT2D eigenvalue weighted by molar-refractivity contribution is 8.23. The van der Waals surface area contributed by atoms with Crippen molar-refractivity contribution in [3.8, 4) is 5.75 Å². The van der Waals surface area contributed by atoms with Crippen LogP contribution in [0.1, 0.15) is 6.42 Å². The number of hydrogen-bond acceptors (Lipinski definition) is 8. The fourth-order valence-corrected chi connectivity index (χ4v) is 4.39. The number of rotatable bonds is 4. The Labute approximate surface area is 164 Å². The van der Waals surface area contributed by atoms with E-state index in [1.807, 2.05) is 4.90 Å². The van der Waals surface area contributed by atoms with Gasteiger partial charge in [0.2, 0.25) is 11.8 Å². The number of ether oxygens (including phenoxy) is 2. The van der Waals surface area contributed by atoms with E-state index in [9.17, 15) is 19.7 Å². The number of carbonyl (C=O) groups excluding carboxylic acids is 2. The minimum absolute atomic E-state index is 0.00806. The van der Waals surface area contributed by atoms with Gasteiger partial charge in [0.25, 0.3) is 5.69 Å². The second-order valence-corrected chi connectivity index (χ2v) is 7.69. The van der Waals surface area contributed by atoms with Gasteiger partial charge >= 0.3 is 0 Å². The maximum absolute atomic E-state index is 12.8. The molecule has 144 valence electrons. The molecule has 2 fully saturated rings. The van der Waals surface area contributed by atoms with Crippen LogP contribution in [0.5, 0.6) is 5.75 Å². The van der Waals surface area contributed by atoms with Gasteiger partial charge in [-0.15, -0.1) is 0 Å². The maximum atomic E-state index is 12.8. The summed E-state index contributed by atoms with van der Waals surface area (Å²) in [7, 11) is 1.33. The lowest BCUT2D eigenvalue weighted by molar-refractivity contribution is -0.384. The number of thiocarbonyl (C=S) groups is 1. The van der Waals surface area contributed by atoms with Crippen molar-refractivity contribution in [2.24, 2.45) is 0 Å². The van der Waals surface area contributed by atoms with Crippen molar-refractivity contribution in [2.45, 2.75) is 11.7 Å². The molecule has 9 nitrogen and oxygen atoms in total. The third-order valence-corrected chi connectivity index (χ3v) is 5.89. The lowest BCUT2D eigenvalue weighted by Gasteiger charge is -2.29. The molecule has 0 saturated carbocycles. The molecular weight excluding hydrogens is 394 g/mol. The molecule has 1 atom stereocenters. The van der Waals surface area contributed by atoms with E-state index >= 15 is 0 Å². The van der Waals surface area contributed by atoms with Gasteiger partial charge in [0.05, 0.1) is 37.0 Å². The highest BCUT2D eigenvalue weighted by Gasteiger charge is 2.42. The zero-order valence-electron chi connectivity index (χ0n) is 14.5. The van der Waals surface area contributed by atoms with E-state index in [0.29, 0.717) is 30.6 Å². The van der Waals surface area contributed by atoms with Gasteiger partial charge in [0.1, 0.15) is 15.3 Å². The van der Waals surface area contributed by atoms with Gasteiger partial charge in [0, 0.05) is 25.6 Å². The average molecular weight is 411 g/mol. The lowest BCUT2D eigenvalue weighted by Crippen LogP contribution is -2.39. The van der Waals surface area contributed by atoms with Crippen LogP contribution in [0.3, 0.4) is 0 Å². The van der Waals surface area contributed by atoms with E-state index < -0.39 is 22.0 Å². The summed E-state index contributed by atoms with van der Waals surface area (Å²) in [6.07, 6.45) is 0.00806. The number of carbonyl (C=O) groups is 2. The van der Waals surface area contributed by atoms with Crippen LogP contribution in [0.4, 0.5) is 11.4 Å². The smallest absolute Gasteiger partial charge is 0.273 e. The summed E-state index contributed by atoms with van der Waals surface area (Å²) in [5.41, 5.74) is 0.00704. The normalized spacial score (nSPS) is 20.1. The Morgan fingerprint density at radius 2 is 2.07 bits per heavy atom.